The van der Waals surface area contributed by atoms with Crippen LogP contribution in [0.3, 0.4) is 0 Å². The molecule has 1 aromatic carbocycles. The maximum Gasteiger partial charge on any atom is 0.251 e. The molecule has 0 atom stereocenters. The van der Waals surface area contributed by atoms with Crippen LogP contribution < -0.4 is 5.32 Å². The van der Waals surface area contributed by atoms with Crippen molar-refractivity contribution < 1.29 is 13.2 Å². The van der Waals surface area contributed by atoms with Crippen molar-refractivity contribution in [2.45, 2.75) is 49.0 Å². The summed E-state index contributed by atoms with van der Waals surface area (Å²) >= 11 is 0. The summed E-state index contributed by atoms with van der Waals surface area (Å²) in [6, 6.07) is 6.11. The molecule has 1 amide bonds. The van der Waals surface area contributed by atoms with Crippen molar-refractivity contribution in [3.63, 3.8) is 0 Å². The highest BCUT2D eigenvalue weighted by Gasteiger charge is 2.33. The van der Waals surface area contributed by atoms with Gasteiger partial charge < -0.3 is 10.2 Å². The Bertz CT molecular complexity index is 704. The molecule has 7 heteroatoms. The number of amides is 1. The molecular formula is C19H31N3O3S. The first-order valence-corrected chi connectivity index (χ1v) is 10.6. The minimum Gasteiger partial charge on any atom is -0.350 e. The van der Waals surface area contributed by atoms with Crippen LogP contribution in [-0.4, -0.2) is 63.8 Å². The number of hydrogen-bond donors (Lipinski definition) is 1. The molecule has 0 radical (unpaired) electrons. The molecule has 1 N–H and O–H groups in total. The second-order valence-corrected chi connectivity index (χ2v) is 9.68. The van der Waals surface area contributed by atoms with E-state index in [-0.39, 0.29) is 16.3 Å². The number of rotatable bonds is 6. The fourth-order valence-corrected chi connectivity index (χ4v) is 4.41. The van der Waals surface area contributed by atoms with E-state index in [2.05, 4.69) is 24.3 Å². The van der Waals surface area contributed by atoms with Crippen LogP contribution in [0.15, 0.2) is 29.2 Å². The van der Waals surface area contributed by atoms with Crippen LogP contribution >= 0.6 is 0 Å². The summed E-state index contributed by atoms with van der Waals surface area (Å²) in [7, 11) is 3.66. The molecule has 26 heavy (non-hydrogen) atoms. The van der Waals surface area contributed by atoms with E-state index in [0.29, 0.717) is 12.1 Å². The zero-order chi connectivity index (χ0) is 19.4. The predicted molar refractivity (Wildman–Crippen MR) is 104 cm³/mol. The average molecular weight is 382 g/mol. The van der Waals surface area contributed by atoms with Gasteiger partial charge in [-0.1, -0.05) is 25.7 Å². The second-order valence-electron chi connectivity index (χ2n) is 7.53. The predicted octanol–water partition coefficient (Wildman–Crippen LogP) is 2.32. The Morgan fingerprint density at radius 2 is 1.54 bits per heavy atom. The van der Waals surface area contributed by atoms with Crippen molar-refractivity contribution in [2.24, 2.45) is 0 Å². The third-order valence-corrected chi connectivity index (χ3v) is 7.29. The quantitative estimate of drug-likeness (QED) is 0.768. The van der Waals surface area contributed by atoms with E-state index >= 15 is 0 Å². The number of sulfonamides is 1. The standard InChI is InChI=1S/C19H31N3O3S/c1-21(2)19(13-7-5-6-8-14-19)15-20-18(23)16-9-11-17(12-10-16)26(24,25)22(3)4/h9-12H,5-8,13-15H2,1-4H3,(H,20,23). The molecule has 0 aromatic heterocycles. The van der Waals surface area contributed by atoms with Crippen LogP contribution in [-0.2, 0) is 10.0 Å². The van der Waals surface area contributed by atoms with Gasteiger partial charge in [-0.3, -0.25) is 4.79 Å². The summed E-state index contributed by atoms with van der Waals surface area (Å²) in [5, 5.41) is 3.06. The number of carbonyl (C=O) groups excluding carboxylic acids is 1. The molecule has 146 valence electrons. The molecule has 6 nitrogen and oxygen atoms in total. The monoisotopic (exact) mass is 381 g/mol. The molecule has 0 spiro atoms. The Labute approximate surface area is 157 Å². The topological polar surface area (TPSA) is 69.7 Å². The Morgan fingerprint density at radius 1 is 1.00 bits per heavy atom. The van der Waals surface area contributed by atoms with Crippen molar-refractivity contribution in [1.29, 1.82) is 0 Å². The summed E-state index contributed by atoms with van der Waals surface area (Å²) in [5.74, 6) is -0.163. The van der Waals surface area contributed by atoms with Crippen molar-refractivity contribution in [3.8, 4) is 0 Å². The molecule has 0 aliphatic heterocycles. The summed E-state index contributed by atoms with van der Waals surface area (Å²) in [4.78, 5) is 15.0. The third-order valence-electron chi connectivity index (χ3n) is 5.46. The average Bonchev–Trinajstić information content (AvgIpc) is 2.86. The zero-order valence-corrected chi connectivity index (χ0v) is 17.1. The number of hydrogen-bond acceptors (Lipinski definition) is 4. The van der Waals surface area contributed by atoms with E-state index in [1.165, 1.54) is 51.9 Å². The highest BCUT2D eigenvalue weighted by Crippen LogP contribution is 2.30. The van der Waals surface area contributed by atoms with Crippen molar-refractivity contribution in [1.82, 2.24) is 14.5 Å². The minimum absolute atomic E-state index is 0.000360. The smallest absolute Gasteiger partial charge is 0.251 e. The van der Waals surface area contributed by atoms with Gasteiger partial charge in [-0.2, -0.15) is 0 Å². The summed E-state index contributed by atoms with van der Waals surface area (Å²) in [6.07, 6.45) is 7.05. The molecule has 2 rings (SSSR count). The van der Waals surface area contributed by atoms with E-state index in [9.17, 15) is 13.2 Å². The van der Waals surface area contributed by atoms with Gasteiger partial charge in [-0.05, 0) is 51.2 Å². The maximum atomic E-state index is 12.5. The molecule has 1 aliphatic carbocycles. The number of benzene rings is 1. The molecule has 0 heterocycles. The van der Waals surface area contributed by atoms with Gasteiger partial charge in [0.15, 0.2) is 0 Å². The van der Waals surface area contributed by atoms with Crippen LogP contribution in [0.4, 0.5) is 0 Å². The van der Waals surface area contributed by atoms with Gasteiger partial charge in [0.2, 0.25) is 10.0 Å². The Balaban J connectivity index is 2.07. The van der Waals surface area contributed by atoms with Crippen LogP contribution in [0.5, 0.6) is 0 Å². The van der Waals surface area contributed by atoms with Crippen molar-refractivity contribution >= 4 is 15.9 Å². The highest BCUT2D eigenvalue weighted by molar-refractivity contribution is 7.89. The van der Waals surface area contributed by atoms with Crippen LogP contribution in [0.25, 0.3) is 0 Å². The lowest BCUT2D eigenvalue weighted by Gasteiger charge is -2.39. The number of nitrogens with zero attached hydrogens (tertiary/aromatic N) is 2. The van der Waals surface area contributed by atoms with E-state index in [0.717, 1.165) is 17.1 Å². The normalized spacial score (nSPS) is 17.9. The lowest BCUT2D eigenvalue weighted by atomic mass is 9.88. The third kappa shape index (κ3) is 4.64. The molecule has 0 unspecified atom stereocenters. The fraction of sp³-hybridized carbons (Fsp3) is 0.632. The second kappa shape index (κ2) is 8.50. The number of nitrogens with one attached hydrogen (secondary N) is 1. The van der Waals surface area contributed by atoms with E-state index in [1.807, 2.05) is 0 Å². The van der Waals surface area contributed by atoms with Gasteiger partial charge in [-0.15, -0.1) is 0 Å². The summed E-state index contributed by atoms with van der Waals surface area (Å²) < 4.78 is 25.4. The van der Waals surface area contributed by atoms with Gasteiger partial charge in [0.05, 0.1) is 4.90 Å². The van der Waals surface area contributed by atoms with E-state index in [1.54, 1.807) is 12.1 Å². The first kappa shape index (κ1) is 20.9. The lowest BCUT2D eigenvalue weighted by Crippen LogP contribution is -2.52. The number of carbonyl (C=O) groups is 1. The maximum absolute atomic E-state index is 12.5. The Morgan fingerprint density at radius 3 is 2.00 bits per heavy atom. The SMILES string of the molecule is CN(C)C1(CNC(=O)c2ccc(S(=O)(=O)N(C)C)cc2)CCCCCC1. The molecular weight excluding hydrogens is 350 g/mol. The Hall–Kier alpha value is -1.44. The number of likely N-dealkylation sites (N-methyl/N-ethyl adjacent to an activating group) is 1. The van der Waals surface area contributed by atoms with Crippen LogP contribution in [0.1, 0.15) is 48.9 Å². The van der Waals surface area contributed by atoms with Crippen molar-refractivity contribution in [2.75, 3.05) is 34.7 Å². The summed E-state index contributed by atoms with van der Waals surface area (Å²) in [6.45, 7) is 0.608. The van der Waals surface area contributed by atoms with E-state index in [4.69, 9.17) is 0 Å². The zero-order valence-electron chi connectivity index (χ0n) is 16.3. The molecule has 1 saturated carbocycles. The van der Waals surface area contributed by atoms with Gasteiger partial charge in [-0.25, -0.2) is 12.7 Å². The van der Waals surface area contributed by atoms with E-state index < -0.39 is 10.0 Å². The highest BCUT2D eigenvalue weighted by atomic mass is 32.2. The van der Waals surface area contributed by atoms with Gasteiger partial charge in [0.25, 0.3) is 5.91 Å². The van der Waals surface area contributed by atoms with Gasteiger partial charge in [0, 0.05) is 31.7 Å². The molecule has 1 aromatic rings. The van der Waals surface area contributed by atoms with Crippen molar-refractivity contribution in [3.05, 3.63) is 29.8 Å². The van der Waals surface area contributed by atoms with Gasteiger partial charge in [0.1, 0.15) is 0 Å². The molecule has 0 saturated heterocycles. The summed E-state index contributed by atoms with van der Waals surface area (Å²) in [5.41, 5.74) is 0.477. The molecule has 0 bridgehead atoms. The first-order valence-electron chi connectivity index (χ1n) is 9.17. The Kier molecular flexibility index (Phi) is 6.82. The van der Waals surface area contributed by atoms with Crippen LogP contribution in [0, 0.1) is 0 Å². The molecule has 1 aliphatic rings. The molecule has 1 fully saturated rings. The first-order chi connectivity index (χ1) is 12.2. The largest absolute Gasteiger partial charge is 0.350 e. The minimum atomic E-state index is -3.48. The lowest BCUT2D eigenvalue weighted by molar-refractivity contribution is 0.0869. The fourth-order valence-electron chi connectivity index (χ4n) is 3.50. The van der Waals surface area contributed by atoms with Gasteiger partial charge >= 0.3 is 0 Å². The van der Waals surface area contributed by atoms with Crippen LogP contribution in [0.2, 0.25) is 0 Å².